The zero-order chi connectivity index (χ0) is 12.0. The van der Waals surface area contributed by atoms with Crippen LogP contribution in [-0.4, -0.2) is 50.9 Å². The topological polar surface area (TPSA) is 51.1 Å². The van der Waals surface area contributed by atoms with Gasteiger partial charge in [-0.25, -0.2) is 0 Å². The lowest BCUT2D eigenvalue weighted by Gasteiger charge is -2.23. The van der Waals surface area contributed by atoms with Gasteiger partial charge in [-0.05, 0) is 19.0 Å². The largest absolute Gasteiger partial charge is 0.469 e. The van der Waals surface area contributed by atoms with E-state index in [0.29, 0.717) is 5.71 Å². The number of ether oxygens (including phenoxy) is 1. The predicted octanol–water partition coefficient (Wildman–Crippen LogP) is 0.814. The molecule has 16 heavy (non-hydrogen) atoms. The third kappa shape index (κ3) is 3.66. The van der Waals surface area contributed by atoms with Crippen LogP contribution in [0.3, 0.4) is 0 Å². The highest BCUT2D eigenvalue weighted by atomic mass is 16.6. The van der Waals surface area contributed by atoms with E-state index in [1.165, 1.54) is 14.2 Å². The Morgan fingerprint density at radius 3 is 2.88 bits per heavy atom. The first kappa shape index (κ1) is 12.7. The van der Waals surface area contributed by atoms with Crippen molar-refractivity contribution >= 4 is 11.7 Å². The van der Waals surface area contributed by atoms with E-state index < -0.39 is 0 Å². The first-order valence-corrected chi connectivity index (χ1v) is 5.22. The highest BCUT2D eigenvalue weighted by molar-refractivity contribution is 6.09. The van der Waals surface area contributed by atoms with Crippen molar-refractivity contribution in [2.45, 2.75) is 12.8 Å². The molecule has 0 aromatic carbocycles. The molecule has 1 heterocycles. The maximum atomic E-state index is 11.2. The summed E-state index contributed by atoms with van der Waals surface area (Å²) in [5.74, 6) is -0.301. The summed E-state index contributed by atoms with van der Waals surface area (Å²) in [7, 11) is 4.88. The second-order valence-electron chi connectivity index (χ2n) is 3.73. The van der Waals surface area contributed by atoms with Crippen molar-refractivity contribution < 1.29 is 14.4 Å². The van der Waals surface area contributed by atoms with Crippen molar-refractivity contribution in [2.24, 2.45) is 5.16 Å². The number of likely N-dealkylation sites (N-methyl/N-ethyl adjacent to an activating group) is 1. The van der Waals surface area contributed by atoms with Gasteiger partial charge in [-0.3, -0.25) is 4.79 Å². The molecule has 0 fully saturated rings. The van der Waals surface area contributed by atoms with Crippen LogP contribution in [0.4, 0.5) is 0 Å². The van der Waals surface area contributed by atoms with Crippen LogP contribution in [0.25, 0.3) is 0 Å². The highest BCUT2D eigenvalue weighted by Gasteiger charge is 2.17. The Kier molecular flexibility index (Phi) is 4.98. The third-order valence-corrected chi connectivity index (χ3v) is 2.45. The van der Waals surface area contributed by atoms with Gasteiger partial charge < -0.3 is 14.5 Å². The van der Waals surface area contributed by atoms with E-state index in [4.69, 9.17) is 4.84 Å². The fraction of sp³-hybridized carbons (Fsp3) is 0.636. The Balaban J connectivity index is 2.74. The molecule has 0 amide bonds. The Morgan fingerprint density at radius 1 is 1.56 bits per heavy atom. The summed E-state index contributed by atoms with van der Waals surface area (Å²) >= 11 is 0. The van der Waals surface area contributed by atoms with Crippen LogP contribution in [0.1, 0.15) is 12.8 Å². The standard InChI is InChI=1S/C11H18N2O3/c1-13-6-4-5-9(8-13)10(12-16-3)7-11(14)15-2/h5H,4,6-8H2,1-3H3/b12-10-. The summed E-state index contributed by atoms with van der Waals surface area (Å²) in [5, 5.41) is 3.89. The Hall–Kier alpha value is -1.36. The summed E-state index contributed by atoms with van der Waals surface area (Å²) in [5.41, 5.74) is 1.70. The number of methoxy groups -OCH3 is 1. The van der Waals surface area contributed by atoms with Gasteiger partial charge in [0.05, 0.1) is 19.2 Å². The normalized spacial score (nSPS) is 17.9. The van der Waals surface area contributed by atoms with Crippen molar-refractivity contribution in [1.29, 1.82) is 0 Å². The number of hydrogen-bond donors (Lipinski definition) is 0. The second kappa shape index (κ2) is 6.27. The summed E-state index contributed by atoms with van der Waals surface area (Å²) in [6.07, 6.45) is 3.22. The van der Waals surface area contributed by atoms with E-state index >= 15 is 0 Å². The molecule has 0 aromatic heterocycles. The second-order valence-corrected chi connectivity index (χ2v) is 3.73. The lowest BCUT2D eigenvalue weighted by atomic mass is 10.0. The monoisotopic (exact) mass is 226 g/mol. The number of carbonyl (C=O) groups is 1. The van der Waals surface area contributed by atoms with E-state index in [1.54, 1.807) is 0 Å². The molecule has 1 aliphatic heterocycles. The number of oxime groups is 1. The van der Waals surface area contributed by atoms with Gasteiger partial charge in [0.25, 0.3) is 0 Å². The average molecular weight is 226 g/mol. The van der Waals surface area contributed by atoms with Crippen LogP contribution in [0.15, 0.2) is 16.8 Å². The van der Waals surface area contributed by atoms with Crippen molar-refractivity contribution in [3.8, 4) is 0 Å². The fourth-order valence-electron chi connectivity index (χ4n) is 1.63. The number of hydrogen-bond acceptors (Lipinski definition) is 5. The van der Waals surface area contributed by atoms with Gasteiger partial charge in [0.2, 0.25) is 0 Å². The summed E-state index contributed by atoms with van der Waals surface area (Å²) in [6, 6.07) is 0. The van der Waals surface area contributed by atoms with Crippen molar-refractivity contribution in [1.82, 2.24) is 4.90 Å². The average Bonchev–Trinajstić information content (AvgIpc) is 2.28. The summed E-state index contributed by atoms with van der Waals surface area (Å²) < 4.78 is 4.63. The van der Waals surface area contributed by atoms with Gasteiger partial charge in [-0.2, -0.15) is 0 Å². The van der Waals surface area contributed by atoms with E-state index in [2.05, 4.69) is 20.9 Å². The van der Waals surface area contributed by atoms with Gasteiger partial charge in [0.1, 0.15) is 7.11 Å². The molecule has 0 aromatic rings. The number of esters is 1. The molecule has 90 valence electrons. The molecule has 0 atom stereocenters. The van der Waals surface area contributed by atoms with Crippen molar-refractivity contribution in [3.63, 3.8) is 0 Å². The van der Waals surface area contributed by atoms with Crippen LogP contribution in [0, 0.1) is 0 Å². The van der Waals surface area contributed by atoms with Crippen molar-refractivity contribution in [3.05, 3.63) is 11.6 Å². The van der Waals surface area contributed by atoms with Gasteiger partial charge in [-0.1, -0.05) is 11.2 Å². The molecule has 0 radical (unpaired) electrons. The predicted molar refractivity (Wildman–Crippen MR) is 61.3 cm³/mol. The molecule has 1 aliphatic rings. The van der Waals surface area contributed by atoms with Crippen molar-refractivity contribution in [2.75, 3.05) is 34.4 Å². The van der Waals surface area contributed by atoms with E-state index in [-0.39, 0.29) is 12.4 Å². The molecule has 0 saturated heterocycles. The molecule has 0 unspecified atom stereocenters. The number of nitrogens with zero attached hydrogens (tertiary/aromatic N) is 2. The molecule has 0 spiro atoms. The molecule has 5 heteroatoms. The van der Waals surface area contributed by atoms with Crippen LogP contribution in [0.5, 0.6) is 0 Å². The minimum atomic E-state index is -0.301. The molecule has 0 bridgehead atoms. The molecule has 1 rings (SSSR count). The molecule has 0 saturated carbocycles. The van der Waals surface area contributed by atoms with Gasteiger partial charge >= 0.3 is 5.97 Å². The Morgan fingerprint density at radius 2 is 2.31 bits per heavy atom. The molecule has 0 aliphatic carbocycles. The Labute approximate surface area is 95.7 Å². The maximum absolute atomic E-state index is 11.2. The van der Waals surface area contributed by atoms with Gasteiger partial charge in [0.15, 0.2) is 0 Å². The lowest BCUT2D eigenvalue weighted by Crippen LogP contribution is -2.29. The molecular weight excluding hydrogens is 208 g/mol. The Bertz CT molecular complexity index is 310. The zero-order valence-electron chi connectivity index (χ0n) is 10.0. The quantitative estimate of drug-likeness (QED) is 0.404. The van der Waals surface area contributed by atoms with Crippen LogP contribution < -0.4 is 0 Å². The van der Waals surface area contributed by atoms with E-state index in [9.17, 15) is 4.79 Å². The van der Waals surface area contributed by atoms with Crippen LogP contribution in [-0.2, 0) is 14.4 Å². The molecular formula is C11H18N2O3. The smallest absolute Gasteiger partial charge is 0.311 e. The molecule has 0 N–H and O–H groups in total. The highest BCUT2D eigenvalue weighted by Crippen LogP contribution is 2.12. The third-order valence-electron chi connectivity index (χ3n) is 2.45. The fourth-order valence-corrected chi connectivity index (χ4v) is 1.63. The van der Waals surface area contributed by atoms with E-state index in [1.807, 2.05) is 7.05 Å². The SMILES string of the molecule is CO/N=C(/CC(=O)OC)C1=CCCN(C)C1. The lowest BCUT2D eigenvalue weighted by molar-refractivity contribution is -0.139. The van der Waals surface area contributed by atoms with Gasteiger partial charge in [-0.15, -0.1) is 0 Å². The van der Waals surface area contributed by atoms with Gasteiger partial charge in [0, 0.05) is 13.1 Å². The minimum absolute atomic E-state index is 0.157. The van der Waals surface area contributed by atoms with E-state index in [0.717, 1.165) is 25.1 Å². The first-order chi connectivity index (χ1) is 7.67. The summed E-state index contributed by atoms with van der Waals surface area (Å²) in [6.45, 7) is 1.82. The number of rotatable bonds is 4. The number of carbonyl (C=O) groups excluding carboxylic acids is 1. The zero-order valence-corrected chi connectivity index (χ0v) is 10.0. The van der Waals surface area contributed by atoms with Crippen LogP contribution >= 0.6 is 0 Å². The van der Waals surface area contributed by atoms with Crippen LogP contribution in [0.2, 0.25) is 0 Å². The minimum Gasteiger partial charge on any atom is -0.469 e. The first-order valence-electron chi connectivity index (χ1n) is 5.22. The maximum Gasteiger partial charge on any atom is 0.311 e. The summed E-state index contributed by atoms with van der Waals surface area (Å²) in [4.78, 5) is 18.2. The molecule has 5 nitrogen and oxygen atoms in total.